The predicted molar refractivity (Wildman–Crippen MR) is 105 cm³/mol. The van der Waals surface area contributed by atoms with E-state index in [0.717, 1.165) is 5.56 Å². The number of rotatable bonds is 5. The Kier molecular flexibility index (Phi) is 4.60. The number of fused-ring (bicyclic) bond motifs is 1. The van der Waals surface area contributed by atoms with Crippen LogP contribution in [-0.2, 0) is 0 Å². The Bertz CT molecular complexity index is 1110. The summed E-state index contributed by atoms with van der Waals surface area (Å²) < 4.78 is 5.73. The highest BCUT2D eigenvalue weighted by molar-refractivity contribution is 6.21. The molecular formula is C23H17NO5. The Morgan fingerprint density at radius 2 is 1.48 bits per heavy atom. The average molecular weight is 387 g/mol. The molecule has 4 rings (SSSR count). The molecule has 1 atom stereocenters. The predicted octanol–water partition coefficient (Wildman–Crippen LogP) is 4.53. The molecule has 1 N–H and O–H groups in total. The van der Waals surface area contributed by atoms with Gasteiger partial charge in [-0.1, -0.05) is 30.3 Å². The van der Waals surface area contributed by atoms with Crippen LogP contribution in [-0.4, -0.2) is 27.8 Å². The topological polar surface area (TPSA) is 83.9 Å². The molecule has 144 valence electrons. The number of imide groups is 1. The number of carbonyl (C=O) groups excluding carboxylic acids is 2. The maximum absolute atomic E-state index is 12.9. The molecule has 1 heterocycles. The minimum Gasteiger partial charge on any atom is -0.478 e. The molecule has 1 aliphatic rings. The number of amides is 2. The van der Waals surface area contributed by atoms with Crippen molar-refractivity contribution in [2.24, 2.45) is 0 Å². The number of hydrogen-bond donors (Lipinski definition) is 1. The number of benzene rings is 3. The summed E-state index contributed by atoms with van der Waals surface area (Å²) in [5.41, 5.74) is 1.65. The first-order valence-electron chi connectivity index (χ1n) is 9.04. The van der Waals surface area contributed by atoms with Gasteiger partial charge in [0.25, 0.3) is 11.8 Å². The lowest BCUT2D eigenvalue weighted by Gasteiger charge is -2.22. The van der Waals surface area contributed by atoms with Gasteiger partial charge in [-0.2, -0.15) is 0 Å². The summed E-state index contributed by atoms with van der Waals surface area (Å²) in [6, 6.07) is 19.7. The summed E-state index contributed by atoms with van der Waals surface area (Å²) >= 11 is 0. The number of carboxylic acids is 1. The zero-order chi connectivity index (χ0) is 20.5. The Labute approximate surface area is 167 Å². The average Bonchev–Trinajstić information content (AvgIpc) is 2.98. The molecule has 3 aromatic carbocycles. The van der Waals surface area contributed by atoms with Crippen molar-refractivity contribution in [2.45, 2.75) is 13.0 Å². The van der Waals surface area contributed by atoms with Crippen LogP contribution in [0.4, 0.5) is 0 Å². The molecule has 3 aromatic rings. The van der Waals surface area contributed by atoms with Gasteiger partial charge >= 0.3 is 5.97 Å². The number of ether oxygens (including phenoxy) is 1. The quantitative estimate of drug-likeness (QED) is 0.650. The maximum Gasteiger partial charge on any atom is 0.335 e. The SMILES string of the molecule is CC(c1ccccc1)N1C(=O)c2ccc(Oc3ccc(C(=O)O)cc3)cc2C1=O. The van der Waals surface area contributed by atoms with E-state index in [1.54, 1.807) is 18.2 Å². The molecule has 0 saturated heterocycles. The highest BCUT2D eigenvalue weighted by Gasteiger charge is 2.39. The van der Waals surface area contributed by atoms with Crippen molar-refractivity contribution in [3.63, 3.8) is 0 Å². The van der Waals surface area contributed by atoms with Crippen LogP contribution in [0.25, 0.3) is 0 Å². The van der Waals surface area contributed by atoms with E-state index in [2.05, 4.69) is 0 Å². The van der Waals surface area contributed by atoms with E-state index in [1.807, 2.05) is 37.3 Å². The van der Waals surface area contributed by atoms with Gasteiger partial charge in [-0.25, -0.2) is 4.79 Å². The minimum atomic E-state index is -1.02. The fourth-order valence-corrected chi connectivity index (χ4v) is 3.34. The van der Waals surface area contributed by atoms with Gasteiger partial charge in [-0.05, 0) is 55.0 Å². The Hall–Kier alpha value is -3.93. The molecule has 6 heteroatoms. The fraction of sp³-hybridized carbons (Fsp3) is 0.0870. The highest BCUT2D eigenvalue weighted by atomic mass is 16.5. The Morgan fingerprint density at radius 1 is 0.862 bits per heavy atom. The third-order valence-electron chi connectivity index (χ3n) is 4.90. The second kappa shape index (κ2) is 7.24. The van der Waals surface area contributed by atoms with Crippen molar-refractivity contribution in [1.82, 2.24) is 4.90 Å². The van der Waals surface area contributed by atoms with Gasteiger partial charge in [0, 0.05) is 0 Å². The summed E-state index contributed by atoms with van der Waals surface area (Å²) in [6.45, 7) is 1.82. The molecule has 29 heavy (non-hydrogen) atoms. The van der Waals surface area contributed by atoms with Crippen LogP contribution >= 0.6 is 0 Å². The van der Waals surface area contributed by atoms with Gasteiger partial charge in [-0.3, -0.25) is 14.5 Å². The van der Waals surface area contributed by atoms with E-state index in [0.29, 0.717) is 17.1 Å². The molecule has 0 bridgehead atoms. The highest BCUT2D eigenvalue weighted by Crippen LogP contribution is 2.34. The van der Waals surface area contributed by atoms with Crippen LogP contribution in [0.5, 0.6) is 11.5 Å². The first-order chi connectivity index (χ1) is 14.0. The largest absolute Gasteiger partial charge is 0.478 e. The Balaban J connectivity index is 1.59. The molecule has 1 aliphatic heterocycles. The zero-order valence-electron chi connectivity index (χ0n) is 15.5. The molecule has 6 nitrogen and oxygen atoms in total. The van der Waals surface area contributed by atoms with E-state index < -0.39 is 12.0 Å². The molecule has 0 saturated carbocycles. The molecule has 2 amide bonds. The monoisotopic (exact) mass is 387 g/mol. The second-order valence-corrected chi connectivity index (χ2v) is 6.71. The summed E-state index contributed by atoms with van der Waals surface area (Å²) in [6.07, 6.45) is 0. The van der Waals surface area contributed by atoms with Crippen LogP contribution < -0.4 is 4.74 Å². The standard InChI is InChI=1S/C23H17NO5/c1-14(15-5-3-2-4-6-15)24-21(25)19-12-11-18(13-20(19)22(24)26)29-17-9-7-16(8-10-17)23(27)28/h2-14H,1H3,(H,27,28). The number of carbonyl (C=O) groups is 3. The maximum atomic E-state index is 12.9. The third-order valence-corrected chi connectivity index (χ3v) is 4.90. The van der Waals surface area contributed by atoms with E-state index in [4.69, 9.17) is 9.84 Å². The number of carboxylic acid groups (broad SMARTS) is 1. The first kappa shape index (κ1) is 18.4. The van der Waals surface area contributed by atoms with Gasteiger partial charge in [0.15, 0.2) is 0 Å². The second-order valence-electron chi connectivity index (χ2n) is 6.71. The first-order valence-corrected chi connectivity index (χ1v) is 9.04. The molecule has 0 spiro atoms. The third kappa shape index (κ3) is 3.36. The molecule has 0 aromatic heterocycles. The lowest BCUT2D eigenvalue weighted by atomic mass is 10.1. The van der Waals surface area contributed by atoms with E-state index >= 15 is 0 Å². The van der Waals surface area contributed by atoms with Crippen molar-refractivity contribution in [2.75, 3.05) is 0 Å². The molecule has 0 fully saturated rings. The summed E-state index contributed by atoms with van der Waals surface area (Å²) in [7, 11) is 0. The van der Waals surface area contributed by atoms with Gasteiger partial charge in [0.1, 0.15) is 11.5 Å². The van der Waals surface area contributed by atoms with Crippen molar-refractivity contribution in [3.05, 3.63) is 95.1 Å². The molecule has 0 aliphatic carbocycles. The Morgan fingerprint density at radius 3 is 2.14 bits per heavy atom. The smallest absolute Gasteiger partial charge is 0.335 e. The van der Waals surface area contributed by atoms with Gasteiger partial charge < -0.3 is 9.84 Å². The summed E-state index contributed by atoms with van der Waals surface area (Å²) in [4.78, 5) is 37.9. The lowest BCUT2D eigenvalue weighted by molar-refractivity contribution is 0.0593. The number of nitrogens with zero attached hydrogens (tertiary/aromatic N) is 1. The molecule has 0 radical (unpaired) electrons. The molecular weight excluding hydrogens is 370 g/mol. The van der Waals surface area contributed by atoms with Gasteiger partial charge in [0.05, 0.1) is 22.7 Å². The van der Waals surface area contributed by atoms with E-state index in [9.17, 15) is 14.4 Å². The van der Waals surface area contributed by atoms with Crippen LogP contribution in [0, 0.1) is 0 Å². The van der Waals surface area contributed by atoms with Crippen LogP contribution in [0.15, 0.2) is 72.8 Å². The van der Waals surface area contributed by atoms with E-state index in [-0.39, 0.29) is 22.9 Å². The molecule has 1 unspecified atom stereocenters. The van der Waals surface area contributed by atoms with Crippen molar-refractivity contribution < 1.29 is 24.2 Å². The lowest BCUT2D eigenvalue weighted by Crippen LogP contribution is -2.32. The van der Waals surface area contributed by atoms with Crippen LogP contribution in [0.3, 0.4) is 0 Å². The zero-order valence-corrected chi connectivity index (χ0v) is 15.5. The summed E-state index contributed by atoms with van der Waals surface area (Å²) in [5.74, 6) is -0.902. The normalized spacial score (nSPS) is 13.9. The number of hydrogen-bond acceptors (Lipinski definition) is 4. The van der Waals surface area contributed by atoms with Crippen molar-refractivity contribution >= 4 is 17.8 Å². The number of aromatic carboxylic acids is 1. The van der Waals surface area contributed by atoms with Gasteiger partial charge in [-0.15, -0.1) is 0 Å². The van der Waals surface area contributed by atoms with Crippen LogP contribution in [0.2, 0.25) is 0 Å². The van der Waals surface area contributed by atoms with Gasteiger partial charge in [0.2, 0.25) is 0 Å². The van der Waals surface area contributed by atoms with Crippen molar-refractivity contribution in [1.29, 1.82) is 0 Å². The van der Waals surface area contributed by atoms with Crippen molar-refractivity contribution in [3.8, 4) is 11.5 Å². The minimum absolute atomic E-state index is 0.151. The fourth-order valence-electron chi connectivity index (χ4n) is 3.34. The summed E-state index contributed by atoms with van der Waals surface area (Å²) in [5, 5.41) is 8.96. The van der Waals surface area contributed by atoms with E-state index in [1.165, 1.54) is 29.2 Å². The van der Waals surface area contributed by atoms with Crippen LogP contribution in [0.1, 0.15) is 49.6 Å².